The Balaban J connectivity index is 1.60. The molecule has 3 rings (SSSR count). The lowest BCUT2D eigenvalue weighted by molar-refractivity contribution is -0.118. The molecule has 0 aliphatic rings. The van der Waals surface area contributed by atoms with Crippen LogP contribution in [0.3, 0.4) is 0 Å². The van der Waals surface area contributed by atoms with Crippen molar-refractivity contribution in [1.29, 1.82) is 0 Å². The van der Waals surface area contributed by atoms with Crippen molar-refractivity contribution in [3.8, 4) is 5.75 Å². The fourth-order valence-corrected chi connectivity index (χ4v) is 3.75. The minimum atomic E-state index is -0.358. The van der Waals surface area contributed by atoms with Gasteiger partial charge in [-0.1, -0.05) is 58.4 Å². The first-order valence-electron chi connectivity index (χ1n) is 8.82. The largest absolute Gasteiger partial charge is 0.483 e. The highest BCUT2D eigenvalue weighted by Gasteiger charge is 2.14. The van der Waals surface area contributed by atoms with E-state index in [1.807, 2.05) is 42.5 Å². The number of hydrogen-bond donors (Lipinski definition) is 2. The standard InChI is InChI=1S/C22H18Br2N2O3/c23-16-10-11-20(18(24)12-16)29-14-21(27)26-19-9-5-4-8-17(19)22(28)25-13-15-6-2-1-3-7-15/h1-12H,13-14H2,(H,25,28)(H,26,27). The maximum absolute atomic E-state index is 12.6. The van der Waals surface area contributed by atoms with Crippen LogP contribution in [0.15, 0.2) is 81.7 Å². The molecule has 0 saturated carbocycles. The lowest BCUT2D eigenvalue weighted by atomic mass is 10.1. The van der Waals surface area contributed by atoms with Crippen LogP contribution in [-0.4, -0.2) is 18.4 Å². The first-order valence-corrected chi connectivity index (χ1v) is 10.4. The van der Waals surface area contributed by atoms with Crippen LogP contribution in [0, 0.1) is 0 Å². The molecule has 2 N–H and O–H groups in total. The van der Waals surface area contributed by atoms with Gasteiger partial charge in [-0.25, -0.2) is 0 Å². The molecule has 5 nitrogen and oxygen atoms in total. The molecule has 0 heterocycles. The number of carbonyl (C=O) groups is 2. The summed E-state index contributed by atoms with van der Waals surface area (Å²) in [6.45, 7) is 0.225. The Morgan fingerprint density at radius 3 is 2.38 bits per heavy atom. The number of carbonyl (C=O) groups excluding carboxylic acids is 2. The van der Waals surface area contributed by atoms with Gasteiger partial charge in [0.25, 0.3) is 11.8 Å². The molecular weight excluding hydrogens is 500 g/mol. The zero-order chi connectivity index (χ0) is 20.6. The van der Waals surface area contributed by atoms with Crippen LogP contribution in [0.4, 0.5) is 5.69 Å². The molecule has 0 aromatic heterocycles. The van der Waals surface area contributed by atoms with E-state index in [1.165, 1.54) is 0 Å². The Labute approximate surface area is 185 Å². The lowest BCUT2D eigenvalue weighted by Crippen LogP contribution is -2.26. The van der Waals surface area contributed by atoms with Gasteiger partial charge in [-0.3, -0.25) is 9.59 Å². The number of halogens is 2. The minimum absolute atomic E-state index is 0.180. The molecule has 0 aliphatic carbocycles. The first-order chi connectivity index (χ1) is 14.0. The molecule has 148 valence electrons. The van der Waals surface area contributed by atoms with Crippen molar-refractivity contribution in [3.63, 3.8) is 0 Å². The third-order valence-corrected chi connectivity index (χ3v) is 5.11. The van der Waals surface area contributed by atoms with Gasteiger partial charge in [-0.15, -0.1) is 0 Å². The van der Waals surface area contributed by atoms with Gasteiger partial charge in [-0.2, -0.15) is 0 Å². The van der Waals surface area contributed by atoms with Gasteiger partial charge in [0.15, 0.2) is 6.61 Å². The van der Waals surface area contributed by atoms with Crippen molar-refractivity contribution >= 4 is 49.4 Å². The molecule has 0 bridgehead atoms. The molecule has 0 fully saturated rings. The highest BCUT2D eigenvalue weighted by atomic mass is 79.9. The highest BCUT2D eigenvalue weighted by Crippen LogP contribution is 2.28. The zero-order valence-corrected chi connectivity index (χ0v) is 18.5. The van der Waals surface area contributed by atoms with Gasteiger partial charge in [0.05, 0.1) is 15.7 Å². The second-order valence-corrected chi connectivity index (χ2v) is 7.90. The summed E-state index contributed by atoms with van der Waals surface area (Å²) in [5, 5.41) is 5.61. The Morgan fingerprint density at radius 1 is 0.897 bits per heavy atom. The second-order valence-electron chi connectivity index (χ2n) is 6.13. The summed E-state index contributed by atoms with van der Waals surface area (Å²) in [5.74, 6) is -0.0679. The Bertz CT molecular complexity index is 1010. The number of hydrogen-bond acceptors (Lipinski definition) is 3. The summed E-state index contributed by atoms with van der Waals surface area (Å²) in [6.07, 6.45) is 0. The van der Waals surface area contributed by atoms with E-state index in [0.717, 1.165) is 14.5 Å². The van der Waals surface area contributed by atoms with Crippen LogP contribution in [0.5, 0.6) is 5.75 Å². The van der Waals surface area contributed by atoms with Crippen LogP contribution < -0.4 is 15.4 Å². The van der Waals surface area contributed by atoms with Crippen molar-refractivity contribution in [2.24, 2.45) is 0 Å². The summed E-state index contributed by atoms with van der Waals surface area (Å²) in [6, 6.07) is 21.9. The van der Waals surface area contributed by atoms with E-state index in [9.17, 15) is 9.59 Å². The van der Waals surface area contributed by atoms with Crippen molar-refractivity contribution in [2.75, 3.05) is 11.9 Å². The third-order valence-electron chi connectivity index (χ3n) is 3.99. The molecule has 29 heavy (non-hydrogen) atoms. The van der Waals surface area contributed by atoms with Gasteiger partial charge in [-0.05, 0) is 51.8 Å². The van der Waals surface area contributed by atoms with Gasteiger partial charge < -0.3 is 15.4 Å². The number of nitrogens with one attached hydrogen (secondary N) is 2. The summed E-state index contributed by atoms with van der Waals surface area (Å²) in [7, 11) is 0. The van der Waals surface area contributed by atoms with Crippen molar-refractivity contribution in [2.45, 2.75) is 6.54 Å². The number of benzene rings is 3. The molecule has 0 radical (unpaired) electrons. The number of anilines is 1. The van der Waals surface area contributed by atoms with Gasteiger partial charge >= 0.3 is 0 Å². The van der Waals surface area contributed by atoms with E-state index in [-0.39, 0.29) is 18.4 Å². The molecule has 7 heteroatoms. The highest BCUT2D eigenvalue weighted by molar-refractivity contribution is 9.11. The van der Waals surface area contributed by atoms with Crippen LogP contribution in [0.25, 0.3) is 0 Å². The van der Waals surface area contributed by atoms with E-state index in [4.69, 9.17) is 4.74 Å². The molecule has 3 aromatic carbocycles. The zero-order valence-electron chi connectivity index (χ0n) is 15.3. The van der Waals surface area contributed by atoms with Crippen molar-refractivity contribution < 1.29 is 14.3 Å². The predicted octanol–water partition coefficient (Wildman–Crippen LogP) is 5.16. The van der Waals surface area contributed by atoms with E-state index in [1.54, 1.807) is 30.3 Å². The van der Waals surface area contributed by atoms with Gasteiger partial charge in [0, 0.05) is 11.0 Å². The van der Waals surface area contributed by atoms with Gasteiger partial charge in [0.2, 0.25) is 0 Å². The number of rotatable bonds is 7. The second kappa shape index (κ2) is 10.2. The number of amides is 2. The molecule has 3 aromatic rings. The summed E-state index contributed by atoms with van der Waals surface area (Å²) < 4.78 is 7.19. The lowest BCUT2D eigenvalue weighted by Gasteiger charge is -2.12. The van der Waals surface area contributed by atoms with Crippen LogP contribution in [-0.2, 0) is 11.3 Å². The van der Waals surface area contributed by atoms with Crippen molar-refractivity contribution in [1.82, 2.24) is 5.32 Å². The third kappa shape index (κ3) is 6.17. The Kier molecular flexibility index (Phi) is 7.43. The summed E-state index contributed by atoms with van der Waals surface area (Å²) in [5.41, 5.74) is 1.82. The molecule has 0 saturated heterocycles. The van der Waals surface area contributed by atoms with Gasteiger partial charge in [0.1, 0.15) is 5.75 Å². The SMILES string of the molecule is O=C(COc1ccc(Br)cc1Br)Nc1ccccc1C(=O)NCc1ccccc1. The average Bonchev–Trinajstić information content (AvgIpc) is 2.72. The molecule has 0 atom stereocenters. The van der Waals surface area contributed by atoms with Crippen LogP contribution >= 0.6 is 31.9 Å². The smallest absolute Gasteiger partial charge is 0.262 e. The minimum Gasteiger partial charge on any atom is -0.483 e. The molecular formula is C22H18Br2N2O3. The normalized spacial score (nSPS) is 10.3. The fraction of sp³-hybridized carbons (Fsp3) is 0.0909. The van der Waals surface area contributed by atoms with Crippen molar-refractivity contribution in [3.05, 3.63) is 92.9 Å². The Hall–Kier alpha value is -2.64. The number of para-hydroxylation sites is 1. The summed E-state index contributed by atoms with van der Waals surface area (Å²) >= 11 is 6.76. The van der Waals surface area contributed by atoms with Crippen LogP contribution in [0.1, 0.15) is 15.9 Å². The van der Waals surface area contributed by atoms with E-state index in [0.29, 0.717) is 23.5 Å². The molecule has 0 unspecified atom stereocenters. The molecule has 0 spiro atoms. The topological polar surface area (TPSA) is 67.4 Å². The van der Waals surface area contributed by atoms with E-state index < -0.39 is 0 Å². The monoisotopic (exact) mass is 516 g/mol. The molecule has 0 aliphatic heterocycles. The fourth-order valence-electron chi connectivity index (χ4n) is 2.59. The Morgan fingerprint density at radius 2 is 1.62 bits per heavy atom. The number of ether oxygens (including phenoxy) is 1. The first kappa shape index (κ1) is 21.1. The van der Waals surface area contributed by atoms with E-state index in [2.05, 4.69) is 42.5 Å². The predicted molar refractivity (Wildman–Crippen MR) is 120 cm³/mol. The molecule has 2 amide bonds. The van der Waals surface area contributed by atoms with Crippen LogP contribution in [0.2, 0.25) is 0 Å². The maximum atomic E-state index is 12.6. The average molecular weight is 518 g/mol. The quantitative estimate of drug-likeness (QED) is 0.455. The summed E-state index contributed by atoms with van der Waals surface area (Å²) in [4.78, 5) is 24.9. The van der Waals surface area contributed by atoms with E-state index >= 15 is 0 Å². The maximum Gasteiger partial charge on any atom is 0.262 e.